The van der Waals surface area contributed by atoms with Crippen LogP contribution in [0.5, 0.6) is 11.5 Å². The molecule has 0 fully saturated rings. The maximum atomic E-state index is 13.3. The molecule has 0 aromatic heterocycles. The summed E-state index contributed by atoms with van der Waals surface area (Å²) in [5.41, 5.74) is 1.32. The van der Waals surface area contributed by atoms with Crippen LogP contribution in [0.3, 0.4) is 0 Å². The van der Waals surface area contributed by atoms with Gasteiger partial charge in [-0.1, -0.05) is 68.8 Å². The lowest BCUT2D eigenvalue weighted by Crippen LogP contribution is -2.50. The number of benzene rings is 2. The van der Waals surface area contributed by atoms with E-state index in [4.69, 9.17) is 19.6 Å². The van der Waals surface area contributed by atoms with Crippen molar-refractivity contribution in [1.82, 2.24) is 10.3 Å². The minimum absolute atomic E-state index is 0.177. The molecule has 190 valence electrons. The quantitative estimate of drug-likeness (QED) is 0.308. The Morgan fingerprint density at radius 1 is 1.19 bits per heavy atom. The number of hydrogen-bond acceptors (Lipinski definition) is 7. The summed E-state index contributed by atoms with van der Waals surface area (Å²) < 4.78 is 12.5. The minimum Gasteiger partial charge on any atom is -0.490 e. The maximum Gasteiger partial charge on any atom is 0.276 e. The number of amides is 1. The zero-order chi connectivity index (χ0) is 25.5. The molecule has 4 rings (SSSR count). The van der Waals surface area contributed by atoms with Crippen LogP contribution in [0.1, 0.15) is 51.3 Å². The first-order valence-corrected chi connectivity index (χ1v) is 14.0. The van der Waals surface area contributed by atoms with Crippen LogP contribution >= 0.6 is 27.7 Å². The normalized spacial score (nSPS) is 16.4. The zero-order valence-corrected chi connectivity index (χ0v) is 23.0. The molecule has 0 bridgehead atoms. The molecule has 1 N–H and O–H groups in total. The highest BCUT2D eigenvalue weighted by molar-refractivity contribution is 9.10. The van der Waals surface area contributed by atoms with E-state index in [1.54, 1.807) is 22.8 Å². The number of rotatable bonds is 11. The fourth-order valence-corrected chi connectivity index (χ4v) is 5.52. The summed E-state index contributed by atoms with van der Waals surface area (Å²) in [6.45, 7) is 8.68. The van der Waals surface area contributed by atoms with E-state index in [0.29, 0.717) is 35.6 Å². The van der Waals surface area contributed by atoms with Crippen molar-refractivity contribution in [2.75, 3.05) is 19.0 Å². The van der Waals surface area contributed by atoms with E-state index < -0.39 is 6.17 Å². The molecule has 2 aromatic rings. The second-order valence-electron chi connectivity index (χ2n) is 8.34. The third kappa shape index (κ3) is 5.78. The predicted octanol–water partition coefficient (Wildman–Crippen LogP) is 4.87. The van der Waals surface area contributed by atoms with Gasteiger partial charge in [-0.05, 0) is 47.5 Å². The van der Waals surface area contributed by atoms with E-state index in [0.717, 1.165) is 32.8 Å². The Labute approximate surface area is 224 Å². The number of nitrogens with zero attached hydrogens (tertiary/aromatic N) is 3. The van der Waals surface area contributed by atoms with Gasteiger partial charge in [0.05, 0.1) is 16.4 Å². The van der Waals surface area contributed by atoms with Crippen molar-refractivity contribution in [2.45, 2.75) is 45.7 Å². The molecule has 2 heterocycles. The summed E-state index contributed by atoms with van der Waals surface area (Å²) in [4.78, 5) is 18.3. The van der Waals surface area contributed by atoms with Gasteiger partial charge in [0.2, 0.25) is 0 Å². The van der Waals surface area contributed by atoms with Crippen molar-refractivity contribution in [3.05, 3.63) is 69.7 Å². The molecule has 2 aliphatic rings. The van der Waals surface area contributed by atoms with Gasteiger partial charge in [-0.25, -0.2) is 5.01 Å². The fraction of sp³-hybridized carbons (Fsp3) is 0.370. The van der Waals surface area contributed by atoms with Gasteiger partial charge in [-0.15, -0.1) is 5.10 Å². The average Bonchev–Trinajstić information content (AvgIpc) is 2.87. The highest BCUT2D eigenvalue weighted by atomic mass is 79.9. The number of thioether (sulfide) groups is 1. The molecule has 7 nitrogen and oxygen atoms in total. The summed E-state index contributed by atoms with van der Waals surface area (Å²) in [5, 5.41) is 11.7. The number of unbranched alkanes of at least 4 members (excludes halogenated alkanes) is 3. The van der Waals surface area contributed by atoms with E-state index in [-0.39, 0.29) is 5.91 Å². The minimum atomic E-state index is -0.541. The molecule has 1 atom stereocenters. The van der Waals surface area contributed by atoms with E-state index in [2.05, 4.69) is 34.7 Å². The number of fused-ring (bicyclic) bond motifs is 2. The first-order valence-electron chi connectivity index (χ1n) is 12.3. The molecule has 0 saturated carbocycles. The van der Waals surface area contributed by atoms with Crippen molar-refractivity contribution in [1.29, 1.82) is 0 Å². The summed E-state index contributed by atoms with van der Waals surface area (Å²) in [6, 6.07) is 11.5. The largest absolute Gasteiger partial charge is 0.490 e. The lowest BCUT2D eigenvalue weighted by Gasteiger charge is -2.34. The summed E-state index contributed by atoms with van der Waals surface area (Å²) in [6.07, 6.45) is 5.80. The number of carbonyl (C=O) groups is 1. The second-order valence-corrected chi connectivity index (χ2v) is 10.3. The highest BCUT2D eigenvalue weighted by Crippen LogP contribution is 2.41. The summed E-state index contributed by atoms with van der Waals surface area (Å²) >= 11 is 5.21. The highest BCUT2D eigenvalue weighted by Gasteiger charge is 2.35. The van der Waals surface area contributed by atoms with Crippen LogP contribution in [-0.4, -0.2) is 35.1 Å². The Bertz CT molecular complexity index is 1280. The number of halogens is 1. The van der Waals surface area contributed by atoms with Crippen molar-refractivity contribution in [3.63, 3.8) is 0 Å². The number of ether oxygens (including phenoxy) is 2. The molecule has 9 heteroatoms. The molecule has 0 spiro atoms. The third-order valence-electron chi connectivity index (χ3n) is 5.73. The van der Waals surface area contributed by atoms with E-state index in [1.165, 1.54) is 19.3 Å². The Morgan fingerprint density at radius 2 is 2.03 bits per heavy atom. The number of amidine groups is 1. The maximum absolute atomic E-state index is 13.3. The lowest BCUT2D eigenvalue weighted by molar-refractivity contribution is -0.116. The molecule has 0 aliphatic carbocycles. The molecule has 0 saturated heterocycles. The molecule has 2 aliphatic heterocycles. The van der Waals surface area contributed by atoms with Crippen LogP contribution in [0.2, 0.25) is 0 Å². The van der Waals surface area contributed by atoms with E-state index >= 15 is 0 Å². The number of hydrazone groups is 1. The smallest absolute Gasteiger partial charge is 0.276 e. The van der Waals surface area contributed by atoms with Gasteiger partial charge >= 0.3 is 0 Å². The third-order valence-corrected chi connectivity index (χ3v) is 7.27. The Hall–Kier alpha value is -2.78. The van der Waals surface area contributed by atoms with Crippen molar-refractivity contribution < 1.29 is 14.3 Å². The first kappa shape index (κ1) is 26.3. The van der Waals surface area contributed by atoms with Crippen LogP contribution in [0.25, 0.3) is 5.70 Å². The fourth-order valence-electron chi connectivity index (χ4n) is 4.09. The number of carbonyl (C=O) groups excluding carboxylic acids is 1. The molecule has 0 radical (unpaired) electrons. The van der Waals surface area contributed by atoms with Crippen LogP contribution in [0, 0.1) is 0 Å². The van der Waals surface area contributed by atoms with E-state index in [1.807, 2.05) is 43.3 Å². The molecule has 2 aromatic carbocycles. The SMILES string of the molecule is C=CCOc1c(Br)cc(C2N=c3ccccc3=C3C(=O)NC(SCCCCCC)=NN32)cc1OCC. The van der Waals surface area contributed by atoms with Crippen molar-refractivity contribution in [3.8, 4) is 11.5 Å². The molecule has 36 heavy (non-hydrogen) atoms. The van der Waals surface area contributed by atoms with Gasteiger partial charge in [0.15, 0.2) is 22.8 Å². The standard InChI is InChI=1S/C27H31BrN4O3S/c1-4-7-8-11-15-36-27-30-26(33)23-19-12-9-10-13-21(19)29-25(32(23)31-27)18-16-20(28)24(35-14-5-2)22(17-18)34-6-3/h5,9-10,12-13,16-17,25H,2,4,6-8,11,14-15H2,1,3H3,(H,30,31,33). The Morgan fingerprint density at radius 3 is 2.81 bits per heavy atom. The Kier molecular flexibility index (Phi) is 9.09. The van der Waals surface area contributed by atoms with Gasteiger partial charge in [-0.2, -0.15) is 0 Å². The zero-order valence-electron chi connectivity index (χ0n) is 20.6. The first-order chi connectivity index (χ1) is 17.6. The molecule has 1 amide bonds. The van der Waals surface area contributed by atoms with Crippen LogP contribution in [-0.2, 0) is 4.79 Å². The summed E-state index contributed by atoms with van der Waals surface area (Å²) in [5.74, 6) is 1.92. The van der Waals surface area contributed by atoms with Crippen LogP contribution < -0.4 is 25.4 Å². The number of hydrogen-bond donors (Lipinski definition) is 1. The topological polar surface area (TPSA) is 75.5 Å². The van der Waals surface area contributed by atoms with Crippen LogP contribution in [0.4, 0.5) is 0 Å². The van der Waals surface area contributed by atoms with Gasteiger partial charge in [-0.3, -0.25) is 15.1 Å². The lowest BCUT2D eigenvalue weighted by atomic mass is 10.1. The molecule has 1 unspecified atom stereocenters. The number of para-hydroxylation sites is 1. The van der Waals surface area contributed by atoms with Gasteiger partial charge in [0, 0.05) is 16.5 Å². The Balaban J connectivity index is 1.76. The number of nitrogens with one attached hydrogen (secondary N) is 1. The monoisotopic (exact) mass is 570 g/mol. The van der Waals surface area contributed by atoms with Gasteiger partial charge in [0.1, 0.15) is 12.3 Å². The average molecular weight is 572 g/mol. The van der Waals surface area contributed by atoms with Gasteiger partial charge in [0.25, 0.3) is 5.91 Å². The van der Waals surface area contributed by atoms with E-state index in [9.17, 15) is 4.79 Å². The molecular formula is C27H31BrN4O3S. The van der Waals surface area contributed by atoms with Crippen LogP contribution in [0.15, 0.2) is 63.6 Å². The summed E-state index contributed by atoms with van der Waals surface area (Å²) in [7, 11) is 0. The molecular weight excluding hydrogens is 540 g/mol. The van der Waals surface area contributed by atoms with Crippen molar-refractivity contribution >= 4 is 44.5 Å². The van der Waals surface area contributed by atoms with Crippen molar-refractivity contribution in [2.24, 2.45) is 10.1 Å². The van der Waals surface area contributed by atoms with Gasteiger partial charge < -0.3 is 9.47 Å². The second kappa shape index (κ2) is 12.5. The predicted molar refractivity (Wildman–Crippen MR) is 148 cm³/mol.